The van der Waals surface area contributed by atoms with Crippen molar-refractivity contribution in [2.75, 3.05) is 50.8 Å². The third-order valence-electron chi connectivity index (χ3n) is 8.89. The number of nitrogens with zero attached hydrogens (tertiary/aromatic N) is 3. The van der Waals surface area contributed by atoms with E-state index in [4.69, 9.17) is 4.74 Å². The molecule has 0 bridgehead atoms. The Morgan fingerprint density at radius 3 is 2.33 bits per heavy atom. The Morgan fingerprint density at radius 2 is 1.64 bits per heavy atom. The summed E-state index contributed by atoms with van der Waals surface area (Å²) < 4.78 is 46.9. The van der Waals surface area contributed by atoms with Gasteiger partial charge in [0.2, 0.25) is 5.91 Å². The van der Waals surface area contributed by atoms with Crippen LogP contribution in [-0.4, -0.2) is 67.8 Å². The van der Waals surface area contributed by atoms with Crippen LogP contribution in [-0.2, 0) is 22.7 Å². The molecule has 212 valence electrons. The summed E-state index contributed by atoms with van der Waals surface area (Å²) >= 11 is 0. The number of carbonyl (C=O) groups excluding carboxylic acids is 1. The minimum absolute atomic E-state index is 0.143. The van der Waals surface area contributed by atoms with Crippen LogP contribution in [0.4, 0.5) is 18.9 Å². The second-order valence-corrected chi connectivity index (χ2v) is 12.2. The van der Waals surface area contributed by atoms with Gasteiger partial charge < -0.3 is 14.5 Å². The minimum Gasteiger partial charge on any atom is -0.376 e. The zero-order chi connectivity index (χ0) is 27.7. The molecule has 2 aromatic rings. The van der Waals surface area contributed by atoms with Crippen molar-refractivity contribution in [2.45, 2.75) is 52.4 Å². The zero-order valence-electron chi connectivity index (χ0n) is 23.1. The van der Waals surface area contributed by atoms with Crippen molar-refractivity contribution >= 4 is 11.6 Å². The van der Waals surface area contributed by atoms with E-state index in [1.807, 2.05) is 18.2 Å². The van der Waals surface area contributed by atoms with E-state index in [-0.39, 0.29) is 11.3 Å². The number of halogens is 3. The Kier molecular flexibility index (Phi) is 7.98. The number of anilines is 1. The molecule has 3 heterocycles. The van der Waals surface area contributed by atoms with Crippen LogP contribution < -0.4 is 4.90 Å². The molecule has 1 atom stereocenters. The number of likely N-dealkylation sites (tertiary alicyclic amines) is 2. The first-order valence-corrected chi connectivity index (χ1v) is 14.1. The number of benzene rings is 2. The van der Waals surface area contributed by atoms with Crippen molar-refractivity contribution < 1.29 is 22.7 Å². The van der Waals surface area contributed by atoms with E-state index in [2.05, 4.69) is 46.2 Å². The summed E-state index contributed by atoms with van der Waals surface area (Å²) in [5.41, 5.74) is 0.935. The molecule has 3 saturated heterocycles. The highest BCUT2D eigenvalue weighted by Gasteiger charge is 2.61. The topological polar surface area (TPSA) is 36.0 Å². The average Bonchev–Trinajstić information content (AvgIpc) is 3.26. The van der Waals surface area contributed by atoms with Gasteiger partial charge in [-0.1, -0.05) is 42.5 Å². The van der Waals surface area contributed by atoms with Gasteiger partial charge in [0.25, 0.3) is 0 Å². The molecule has 0 aromatic heterocycles. The molecule has 2 aromatic carbocycles. The molecular weight excluding hydrogens is 503 g/mol. The van der Waals surface area contributed by atoms with E-state index in [0.29, 0.717) is 26.3 Å². The second kappa shape index (κ2) is 11.1. The molecule has 0 unspecified atom stereocenters. The predicted molar refractivity (Wildman–Crippen MR) is 146 cm³/mol. The fourth-order valence-electron chi connectivity index (χ4n) is 6.38. The summed E-state index contributed by atoms with van der Waals surface area (Å²) in [6, 6.07) is 18.7. The summed E-state index contributed by atoms with van der Waals surface area (Å²) in [6.45, 7) is 8.16. The number of carbonyl (C=O) groups is 1. The van der Waals surface area contributed by atoms with Gasteiger partial charge in [-0.3, -0.25) is 9.69 Å². The quantitative estimate of drug-likeness (QED) is 0.425. The van der Waals surface area contributed by atoms with Gasteiger partial charge >= 0.3 is 6.18 Å². The lowest BCUT2D eigenvalue weighted by Crippen LogP contribution is -2.65. The summed E-state index contributed by atoms with van der Waals surface area (Å²) in [6.07, 6.45) is -0.832. The maximum atomic E-state index is 13.6. The Hall–Kier alpha value is -2.58. The summed E-state index contributed by atoms with van der Waals surface area (Å²) in [5, 5.41) is 0. The fourth-order valence-corrected chi connectivity index (χ4v) is 6.38. The highest BCUT2D eigenvalue weighted by Crippen LogP contribution is 2.48. The standard InChI is InChI=1S/C31H40F3N3O2/c1-29(2,31(32,33)34)28(38)37-22-30(23-37)21-35(17-24-10-5-3-6-11-24)18-26(30)20-39-19-25-12-9-13-27(16-25)36-14-7-4-8-15-36/h3,5-6,9-13,16,26H,4,7-8,14-15,17-23H2,1-2H3/t26-/m0/s1. The van der Waals surface area contributed by atoms with Crippen LogP contribution >= 0.6 is 0 Å². The van der Waals surface area contributed by atoms with Crippen LogP contribution in [0.2, 0.25) is 0 Å². The van der Waals surface area contributed by atoms with Gasteiger partial charge in [0, 0.05) is 62.8 Å². The van der Waals surface area contributed by atoms with Crippen LogP contribution in [0.5, 0.6) is 0 Å². The SMILES string of the molecule is CC(C)(C(=O)N1CC2(CN(Cc3ccccc3)C[C@H]2COCc2cccc(N3CCCCC3)c2)C1)C(F)(F)F. The third-order valence-corrected chi connectivity index (χ3v) is 8.89. The molecule has 0 N–H and O–H groups in total. The molecule has 8 heteroatoms. The number of hydrogen-bond donors (Lipinski definition) is 0. The van der Waals surface area contributed by atoms with Crippen LogP contribution in [0, 0.1) is 16.7 Å². The van der Waals surface area contributed by atoms with Crippen LogP contribution in [0.15, 0.2) is 54.6 Å². The number of amides is 1. The molecule has 0 saturated carbocycles. The highest BCUT2D eigenvalue weighted by molar-refractivity contribution is 5.83. The van der Waals surface area contributed by atoms with Crippen molar-refractivity contribution in [1.82, 2.24) is 9.80 Å². The molecule has 5 nitrogen and oxygen atoms in total. The minimum atomic E-state index is -4.58. The second-order valence-electron chi connectivity index (χ2n) is 12.2. The molecule has 1 amide bonds. The summed E-state index contributed by atoms with van der Waals surface area (Å²) in [7, 11) is 0. The normalized spacial score (nSPS) is 21.8. The molecule has 39 heavy (non-hydrogen) atoms. The smallest absolute Gasteiger partial charge is 0.376 e. The molecule has 0 radical (unpaired) electrons. The van der Waals surface area contributed by atoms with Crippen molar-refractivity contribution in [1.29, 1.82) is 0 Å². The molecule has 1 spiro atoms. The highest BCUT2D eigenvalue weighted by atomic mass is 19.4. The zero-order valence-corrected chi connectivity index (χ0v) is 23.1. The number of alkyl halides is 3. The Labute approximate surface area is 229 Å². The van der Waals surface area contributed by atoms with E-state index in [1.165, 1.54) is 35.4 Å². The van der Waals surface area contributed by atoms with Gasteiger partial charge in [-0.2, -0.15) is 13.2 Å². The maximum absolute atomic E-state index is 13.6. The van der Waals surface area contributed by atoms with Crippen molar-refractivity contribution in [3.8, 4) is 0 Å². The van der Waals surface area contributed by atoms with Gasteiger partial charge in [0.1, 0.15) is 5.41 Å². The van der Waals surface area contributed by atoms with Gasteiger partial charge in [0.05, 0.1) is 13.2 Å². The number of piperidine rings is 1. The molecule has 5 rings (SSSR count). The summed E-state index contributed by atoms with van der Waals surface area (Å²) in [4.78, 5) is 19.0. The van der Waals surface area contributed by atoms with Crippen molar-refractivity contribution in [3.63, 3.8) is 0 Å². The van der Waals surface area contributed by atoms with Crippen LogP contribution in [0.3, 0.4) is 0 Å². The first kappa shape index (κ1) is 28.0. The number of rotatable bonds is 8. The molecule has 3 aliphatic heterocycles. The van der Waals surface area contributed by atoms with E-state index in [0.717, 1.165) is 52.1 Å². The van der Waals surface area contributed by atoms with E-state index >= 15 is 0 Å². The van der Waals surface area contributed by atoms with Gasteiger partial charge in [-0.15, -0.1) is 0 Å². The lowest BCUT2D eigenvalue weighted by Gasteiger charge is -2.53. The maximum Gasteiger partial charge on any atom is 0.402 e. The summed E-state index contributed by atoms with van der Waals surface area (Å²) in [5.74, 6) is -0.694. The lowest BCUT2D eigenvalue weighted by molar-refractivity contribution is -0.223. The van der Waals surface area contributed by atoms with Gasteiger partial charge in [0.15, 0.2) is 0 Å². The lowest BCUT2D eigenvalue weighted by atomic mass is 9.70. The largest absolute Gasteiger partial charge is 0.402 e. The van der Waals surface area contributed by atoms with Crippen LogP contribution in [0.25, 0.3) is 0 Å². The van der Waals surface area contributed by atoms with Crippen molar-refractivity contribution in [2.24, 2.45) is 16.7 Å². The van der Waals surface area contributed by atoms with Crippen molar-refractivity contribution in [3.05, 3.63) is 65.7 Å². The first-order valence-electron chi connectivity index (χ1n) is 14.1. The van der Waals surface area contributed by atoms with Crippen LogP contribution in [0.1, 0.15) is 44.2 Å². The third kappa shape index (κ3) is 5.97. The monoisotopic (exact) mass is 543 g/mol. The van der Waals surface area contributed by atoms with E-state index in [9.17, 15) is 18.0 Å². The molecule has 3 fully saturated rings. The Morgan fingerprint density at radius 1 is 0.949 bits per heavy atom. The van der Waals surface area contributed by atoms with Gasteiger partial charge in [-0.05, 0) is 56.4 Å². The first-order chi connectivity index (χ1) is 18.6. The number of hydrogen-bond acceptors (Lipinski definition) is 4. The Bertz CT molecular complexity index is 1130. The van der Waals surface area contributed by atoms with E-state index in [1.54, 1.807) is 0 Å². The van der Waals surface area contributed by atoms with E-state index < -0.39 is 17.5 Å². The van der Waals surface area contributed by atoms with Gasteiger partial charge in [-0.25, -0.2) is 0 Å². The molecule has 3 aliphatic rings. The predicted octanol–water partition coefficient (Wildman–Crippen LogP) is 5.74. The molecule has 0 aliphatic carbocycles. The fraction of sp³-hybridized carbons (Fsp3) is 0.581. The average molecular weight is 544 g/mol. The molecular formula is C31H40F3N3O2. The number of ether oxygens (including phenoxy) is 1. The Balaban J connectivity index is 1.23.